The zero-order valence-electron chi connectivity index (χ0n) is 14.7. The van der Waals surface area contributed by atoms with E-state index >= 15 is 0 Å². The van der Waals surface area contributed by atoms with Crippen molar-refractivity contribution >= 4 is 13.5 Å². The molecule has 0 heterocycles. The summed E-state index contributed by atoms with van der Waals surface area (Å²) < 4.78 is 83.0. The van der Waals surface area contributed by atoms with Crippen molar-refractivity contribution in [1.29, 1.82) is 0 Å². The zero-order chi connectivity index (χ0) is 19.4. The highest BCUT2D eigenvalue weighted by Gasteiger charge is 2.41. The molecule has 0 saturated carbocycles. The van der Waals surface area contributed by atoms with Gasteiger partial charge in [-0.15, -0.1) is 0 Å². The number of nitrogens with zero attached hydrogens (tertiary/aromatic N) is 2. The van der Waals surface area contributed by atoms with E-state index in [9.17, 15) is 26.3 Å². The summed E-state index contributed by atoms with van der Waals surface area (Å²) in [5.41, 5.74) is -2.48. The van der Waals surface area contributed by atoms with Crippen LogP contribution in [0.1, 0.15) is 38.8 Å². The van der Waals surface area contributed by atoms with Gasteiger partial charge in [0.1, 0.15) is 0 Å². The first kappa shape index (κ1) is 22.2. The highest BCUT2D eigenvalue weighted by Crippen LogP contribution is 2.47. The Kier molecular flexibility index (Phi) is 7.71. The summed E-state index contributed by atoms with van der Waals surface area (Å²) in [6.07, 6.45) is -9.66. The predicted molar refractivity (Wildman–Crippen MR) is 88.8 cm³/mol. The summed E-state index contributed by atoms with van der Waals surface area (Å²) in [7, 11) is -1.54. The van der Waals surface area contributed by atoms with E-state index < -0.39 is 31.7 Å². The number of hydrogen-bond acceptors (Lipinski definition) is 2. The Morgan fingerprint density at radius 1 is 0.760 bits per heavy atom. The van der Waals surface area contributed by atoms with Crippen LogP contribution in [0.2, 0.25) is 0 Å². The molecule has 0 spiro atoms. The fourth-order valence-corrected chi connectivity index (χ4v) is 5.23. The standard InChI is InChI=1S/C16H23F6N2P/c1-5-23(6-2)25(24(7-3)8-4)14-10-9-12(15(17,18)19)11-13(14)16(20,21)22/h9-11H,5-8H2,1-4H3. The third-order valence-electron chi connectivity index (χ3n) is 3.84. The Morgan fingerprint density at radius 2 is 1.20 bits per heavy atom. The highest BCUT2D eigenvalue weighted by molar-refractivity contribution is 7.61. The summed E-state index contributed by atoms with van der Waals surface area (Å²) in [4.78, 5) is 0. The molecule has 0 fully saturated rings. The summed E-state index contributed by atoms with van der Waals surface area (Å²) >= 11 is 0. The second kappa shape index (κ2) is 8.69. The van der Waals surface area contributed by atoms with Gasteiger partial charge in [-0.3, -0.25) is 9.34 Å². The van der Waals surface area contributed by atoms with E-state index in [4.69, 9.17) is 0 Å². The minimum Gasteiger partial charge on any atom is -0.267 e. The first-order valence-electron chi connectivity index (χ1n) is 8.09. The molecule has 0 aliphatic carbocycles. The summed E-state index contributed by atoms with van der Waals surface area (Å²) in [6, 6.07) is 1.97. The molecule has 9 heteroatoms. The predicted octanol–water partition coefficient (Wildman–Crippen LogP) is 5.35. The molecule has 0 aliphatic rings. The van der Waals surface area contributed by atoms with E-state index in [1.165, 1.54) is 0 Å². The molecule has 0 amide bonds. The first-order chi connectivity index (χ1) is 11.5. The maximum atomic E-state index is 13.5. The topological polar surface area (TPSA) is 6.48 Å². The molecule has 1 aromatic rings. The Bertz CT molecular complexity index is 539. The number of alkyl halides is 6. The van der Waals surface area contributed by atoms with Gasteiger partial charge in [-0.1, -0.05) is 33.8 Å². The van der Waals surface area contributed by atoms with Crippen LogP contribution in [0, 0.1) is 0 Å². The number of hydrogen-bond donors (Lipinski definition) is 0. The average molecular weight is 388 g/mol. The van der Waals surface area contributed by atoms with E-state index in [0.717, 1.165) is 12.1 Å². The van der Waals surface area contributed by atoms with Crippen LogP contribution in [0.4, 0.5) is 26.3 Å². The average Bonchev–Trinajstić information content (AvgIpc) is 2.53. The molecule has 25 heavy (non-hydrogen) atoms. The van der Waals surface area contributed by atoms with Gasteiger partial charge in [-0.2, -0.15) is 26.3 Å². The Morgan fingerprint density at radius 3 is 1.52 bits per heavy atom. The molecule has 0 unspecified atom stereocenters. The lowest BCUT2D eigenvalue weighted by Gasteiger charge is -2.39. The SMILES string of the molecule is CCN(CC)P(c1ccc(C(F)(F)F)cc1C(F)(F)F)N(CC)CC. The number of benzene rings is 1. The van der Waals surface area contributed by atoms with Crippen molar-refractivity contribution in [2.24, 2.45) is 0 Å². The lowest BCUT2D eigenvalue weighted by molar-refractivity contribution is -0.142. The number of halogens is 6. The van der Waals surface area contributed by atoms with Gasteiger partial charge in [0.2, 0.25) is 0 Å². The quantitative estimate of drug-likeness (QED) is 0.459. The van der Waals surface area contributed by atoms with Crippen LogP contribution < -0.4 is 5.30 Å². The van der Waals surface area contributed by atoms with Gasteiger partial charge in [0.15, 0.2) is 0 Å². The maximum absolute atomic E-state index is 13.5. The number of rotatable bonds is 7. The van der Waals surface area contributed by atoms with E-state index in [1.807, 2.05) is 37.0 Å². The van der Waals surface area contributed by atoms with Crippen molar-refractivity contribution in [3.63, 3.8) is 0 Å². The molecule has 0 aliphatic heterocycles. The van der Waals surface area contributed by atoms with Crippen molar-refractivity contribution in [3.05, 3.63) is 29.3 Å². The fourth-order valence-electron chi connectivity index (χ4n) is 2.58. The Balaban J connectivity index is 3.62. The minimum atomic E-state index is -4.85. The second-order valence-electron chi connectivity index (χ2n) is 5.29. The van der Waals surface area contributed by atoms with Gasteiger partial charge in [-0.25, -0.2) is 0 Å². The summed E-state index contributed by atoms with van der Waals surface area (Å²) in [5.74, 6) is 0. The van der Waals surface area contributed by atoms with Crippen molar-refractivity contribution in [2.45, 2.75) is 40.0 Å². The molecular formula is C16H23F6N2P. The van der Waals surface area contributed by atoms with Crippen LogP contribution in [0.15, 0.2) is 18.2 Å². The highest BCUT2D eigenvalue weighted by atomic mass is 31.1. The third kappa shape index (κ3) is 5.31. The first-order valence-corrected chi connectivity index (χ1v) is 9.34. The fraction of sp³-hybridized carbons (Fsp3) is 0.625. The van der Waals surface area contributed by atoms with E-state index in [2.05, 4.69) is 0 Å². The summed E-state index contributed by atoms with van der Waals surface area (Å²) in [6.45, 7) is 9.38. The van der Waals surface area contributed by atoms with Gasteiger partial charge in [0, 0.05) is 31.5 Å². The van der Waals surface area contributed by atoms with Crippen molar-refractivity contribution in [2.75, 3.05) is 26.2 Å². The van der Waals surface area contributed by atoms with Gasteiger partial charge in [0.05, 0.1) is 19.3 Å². The monoisotopic (exact) mass is 388 g/mol. The van der Waals surface area contributed by atoms with Gasteiger partial charge >= 0.3 is 12.4 Å². The molecule has 0 atom stereocenters. The molecule has 1 aromatic carbocycles. The van der Waals surface area contributed by atoms with E-state index in [1.54, 1.807) is 0 Å². The lowest BCUT2D eigenvalue weighted by Crippen LogP contribution is -2.36. The third-order valence-corrected chi connectivity index (χ3v) is 6.86. The van der Waals surface area contributed by atoms with Crippen LogP contribution in [-0.2, 0) is 12.4 Å². The molecule has 0 radical (unpaired) electrons. The normalized spacial score (nSPS) is 13.3. The lowest BCUT2D eigenvalue weighted by atomic mass is 10.1. The van der Waals surface area contributed by atoms with Gasteiger partial charge in [0.25, 0.3) is 0 Å². The molecule has 144 valence electrons. The molecule has 0 saturated heterocycles. The summed E-state index contributed by atoms with van der Waals surface area (Å²) in [5, 5.41) is -0.0806. The largest absolute Gasteiger partial charge is 0.417 e. The molecular weight excluding hydrogens is 365 g/mol. The van der Waals surface area contributed by atoms with Crippen LogP contribution in [-0.4, -0.2) is 35.5 Å². The van der Waals surface area contributed by atoms with Gasteiger partial charge in [-0.05, 0) is 12.1 Å². The van der Waals surface area contributed by atoms with Crippen molar-refractivity contribution in [3.8, 4) is 0 Å². The Labute approximate surface area is 145 Å². The van der Waals surface area contributed by atoms with E-state index in [0.29, 0.717) is 26.2 Å². The van der Waals surface area contributed by atoms with Crippen molar-refractivity contribution in [1.82, 2.24) is 9.34 Å². The smallest absolute Gasteiger partial charge is 0.267 e. The molecule has 1 rings (SSSR count). The molecule has 0 N–H and O–H groups in total. The van der Waals surface area contributed by atoms with Crippen LogP contribution in [0.5, 0.6) is 0 Å². The van der Waals surface area contributed by atoms with Crippen molar-refractivity contribution < 1.29 is 26.3 Å². The zero-order valence-corrected chi connectivity index (χ0v) is 15.6. The molecule has 2 nitrogen and oxygen atoms in total. The van der Waals surface area contributed by atoms with Crippen LogP contribution >= 0.6 is 8.22 Å². The maximum Gasteiger partial charge on any atom is 0.417 e. The molecule has 0 bridgehead atoms. The van der Waals surface area contributed by atoms with E-state index in [-0.39, 0.29) is 11.4 Å². The second-order valence-corrected chi connectivity index (χ2v) is 7.49. The molecule has 0 aromatic heterocycles. The van der Waals surface area contributed by atoms with Crippen LogP contribution in [0.3, 0.4) is 0 Å². The van der Waals surface area contributed by atoms with Crippen LogP contribution in [0.25, 0.3) is 0 Å². The van der Waals surface area contributed by atoms with Gasteiger partial charge < -0.3 is 0 Å². The Hall–Kier alpha value is -0.850. The minimum absolute atomic E-state index is 0.0806.